The predicted octanol–water partition coefficient (Wildman–Crippen LogP) is 1.55. The van der Waals surface area contributed by atoms with Gasteiger partial charge in [0, 0.05) is 12.6 Å². The summed E-state index contributed by atoms with van der Waals surface area (Å²) in [5, 5.41) is 11.4. The molecule has 0 saturated heterocycles. The molecule has 0 spiro atoms. The van der Waals surface area contributed by atoms with Gasteiger partial charge in [-0.15, -0.1) is 5.10 Å². The van der Waals surface area contributed by atoms with E-state index in [1.54, 1.807) is 19.9 Å². The zero-order chi connectivity index (χ0) is 17.0. The Morgan fingerprint density at radius 1 is 1.43 bits per heavy atom. The first-order chi connectivity index (χ1) is 10.8. The van der Waals surface area contributed by atoms with Gasteiger partial charge in [-0.3, -0.25) is 4.79 Å². The zero-order valence-corrected chi connectivity index (χ0v) is 12.6. The van der Waals surface area contributed by atoms with Crippen molar-refractivity contribution < 1.29 is 22.7 Å². The molecular weight excluding hydrogens is 315 g/mol. The summed E-state index contributed by atoms with van der Waals surface area (Å²) in [6, 6.07) is 1.58. The van der Waals surface area contributed by atoms with Gasteiger partial charge in [-0.1, -0.05) is 13.8 Å². The van der Waals surface area contributed by atoms with E-state index in [1.807, 2.05) is 0 Å². The van der Waals surface area contributed by atoms with Crippen LogP contribution in [0.4, 0.5) is 13.2 Å². The number of nitrogens with zero attached hydrogens (tertiary/aromatic N) is 5. The van der Waals surface area contributed by atoms with Crippen LogP contribution in [0.2, 0.25) is 0 Å². The van der Waals surface area contributed by atoms with E-state index in [4.69, 9.17) is 4.74 Å². The van der Waals surface area contributed by atoms with E-state index >= 15 is 0 Å². The fraction of sp³-hybridized carbons (Fsp3) is 0.538. The lowest BCUT2D eigenvalue weighted by Gasteiger charge is -2.25. The van der Waals surface area contributed by atoms with Crippen molar-refractivity contribution in [2.75, 3.05) is 19.7 Å². The maximum Gasteiger partial charge on any atom is 0.406 e. The van der Waals surface area contributed by atoms with Crippen molar-refractivity contribution >= 4 is 11.6 Å². The normalized spacial score (nSPS) is 11.9. The molecule has 2 aromatic rings. The molecule has 126 valence electrons. The van der Waals surface area contributed by atoms with Crippen molar-refractivity contribution in [2.45, 2.75) is 20.0 Å². The van der Waals surface area contributed by atoms with Crippen LogP contribution in [0.25, 0.3) is 5.65 Å². The first kappa shape index (κ1) is 17.0. The highest BCUT2D eigenvalue weighted by Gasteiger charge is 2.33. The van der Waals surface area contributed by atoms with Gasteiger partial charge in [0.05, 0.1) is 6.20 Å². The molecule has 0 fully saturated rings. The minimum Gasteiger partial charge on any atom is -0.466 e. The van der Waals surface area contributed by atoms with Crippen LogP contribution in [0.5, 0.6) is 5.88 Å². The monoisotopic (exact) mass is 331 g/mol. The second-order valence-corrected chi connectivity index (χ2v) is 5.36. The largest absolute Gasteiger partial charge is 0.466 e. The molecule has 2 aromatic heterocycles. The van der Waals surface area contributed by atoms with E-state index < -0.39 is 25.2 Å². The molecule has 0 N–H and O–H groups in total. The smallest absolute Gasteiger partial charge is 0.406 e. The van der Waals surface area contributed by atoms with Gasteiger partial charge in [-0.05, 0) is 5.92 Å². The average Bonchev–Trinajstić information content (AvgIpc) is 2.90. The molecule has 0 saturated carbocycles. The third-order valence-corrected chi connectivity index (χ3v) is 2.81. The van der Waals surface area contributed by atoms with Crippen LogP contribution < -0.4 is 4.74 Å². The molecular formula is C13H16F3N5O2. The zero-order valence-electron chi connectivity index (χ0n) is 12.6. The van der Waals surface area contributed by atoms with Crippen LogP contribution >= 0.6 is 0 Å². The minimum absolute atomic E-state index is 0.00647. The van der Waals surface area contributed by atoms with Gasteiger partial charge in [-0.2, -0.15) is 27.9 Å². The Hall–Kier alpha value is -2.39. The van der Waals surface area contributed by atoms with Crippen LogP contribution in [0, 0.1) is 5.92 Å². The maximum atomic E-state index is 12.6. The number of carbonyl (C=O) groups excluding carboxylic acids is 1. The minimum atomic E-state index is -4.46. The van der Waals surface area contributed by atoms with Crippen molar-refractivity contribution in [1.82, 2.24) is 24.7 Å². The molecule has 2 rings (SSSR count). The molecule has 10 heteroatoms. The summed E-state index contributed by atoms with van der Waals surface area (Å²) in [4.78, 5) is 12.8. The number of ether oxygens (including phenoxy) is 1. The van der Waals surface area contributed by atoms with Crippen LogP contribution in [0.15, 0.2) is 18.5 Å². The lowest BCUT2D eigenvalue weighted by Crippen LogP contribution is -2.43. The highest BCUT2D eigenvalue weighted by atomic mass is 19.4. The number of hydrogen-bond acceptors (Lipinski definition) is 5. The Bertz CT molecular complexity index is 671. The van der Waals surface area contributed by atoms with Crippen molar-refractivity contribution in [3.8, 4) is 5.88 Å². The Morgan fingerprint density at radius 2 is 2.17 bits per heavy atom. The maximum absolute atomic E-state index is 12.6. The van der Waals surface area contributed by atoms with Crippen molar-refractivity contribution in [2.24, 2.45) is 5.92 Å². The topological polar surface area (TPSA) is 72.6 Å². The van der Waals surface area contributed by atoms with Gasteiger partial charge < -0.3 is 9.64 Å². The highest BCUT2D eigenvalue weighted by Crippen LogP contribution is 2.18. The van der Waals surface area contributed by atoms with E-state index in [0.717, 1.165) is 4.90 Å². The Labute approximate surface area is 130 Å². The van der Waals surface area contributed by atoms with Gasteiger partial charge in [-0.25, -0.2) is 0 Å². The van der Waals surface area contributed by atoms with E-state index in [9.17, 15) is 18.0 Å². The molecule has 1 amide bonds. The van der Waals surface area contributed by atoms with E-state index in [1.165, 1.54) is 16.9 Å². The molecule has 0 aromatic carbocycles. The molecule has 2 heterocycles. The molecule has 0 atom stereocenters. The van der Waals surface area contributed by atoms with E-state index in [2.05, 4.69) is 15.3 Å². The third kappa shape index (κ3) is 4.80. The van der Waals surface area contributed by atoms with Gasteiger partial charge in [0.2, 0.25) is 5.88 Å². The average molecular weight is 331 g/mol. The summed E-state index contributed by atoms with van der Waals surface area (Å²) in [5.41, 5.74) is 0.407. The number of hydrogen-bond donors (Lipinski definition) is 0. The summed E-state index contributed by atoms with van der Waals surface area (Å²) >= 11 is 0. The number of fused-ring (bicyclic) bond motifs is 1. The SMILES string of the molecule is CC(C)CN(CC(F)(F)F)C(=O)COc1cnnc2ccnn12. The molecule has 0 radical (unpaired) electrons. The standard InChI is InChI=1S/C13H16F3N5O2/c1-9(2)6-20(8-13(14,15)16)11(22)7-23-12-5-17-19-10-3-4-18-21(10)12/h3-5,9H,6-8H2,1-2H3. The van der Waals surface area contributed by atoms with Crippen LogP contribution in [0.1, 0.15) is 13.8 Å². The molecule has 0 unspecified atom stereocenters. The number of aromatic nitrogens is 4. The Balaban J connectivity index is 2.04. The van der Waals surface area contributed by atoms with Crippen molar-refractivity contribution in [3.63, 3.8) is 0 Å². The van der Waals surface area contributed by atoms with Crippen molar-refractivity contribution in [3.05, 3.63) is 18.5 Å². The number of rotatable bonds is 6. The third-order valence-electron chi connectivity index (χ3n) is 2.81. The molecule has 23 heavy (non-hydrogen) atoms. The van der Waals surface area contributed by atoms with E-state index in [0.29, 0.717) is 5.65 Å². The predicted molar refractivity (Wildman–Crippen MR) is 73.8 cm³/mol. The fourth-order valence-electron chi connectivity index (χ4n) is 1.97. The van der Waals surface area contributed by atoms with Crippen LogP contribution in [-0.2, 0) is 4.79 Å². The molecule has 0 bridgehead atoms. The van der Waals surface area contributed by atoms with Crippen molar-refractivity contribution in [1.29, 1.82) is 0 Å². The number of alkyl halides is 3. The molecule has 0 aliphatic rings. The second kappa shape index (κ2) is 6.80. The van der Waals surface area contributed by atoms with E-state index in [-0.39, 0.29) is 18.3 Å². The van der Waals surface area contributed by atoms with Gasteiger partial charge in [0.1, 0.15) is 12.7 Å². The van der Waals surface area contributed by atoms with Gasteiger partial charge >= 0.3 is 6.18 Å². The van der Waals surface area contributed by atoms with Crippen LogP contribution in [0.3, 0.4) is 0 Å². The summed E-state index contributed by atoms with van der Waals surface area (Å²) in [5.74, 6) is -0.722. The highest BCUT2D eigenvalue weighted by molar-refractivity contribution is 5.77. The molecule has 0 aliphatic heterocycles. The fourth-order valence-corrected chi connectivity index (χ4v) is 1.97. The van der Waals surface area contributed by atoms with Crippen LogP contribution in [-0.4, -0.2) is 56.5 Å². The van der Waals surface area contributed by atoms with Gasteiger partial charge in [0.25, 0.3) is 5.91 Å². The lowest BCUT2D eigenvalue weighted by atomic mass is 10.2. The lowest BCUT2D eigenvalue weighted by molar-refractivity contribution is -0.163. The summed E-state index contributed by atoms with van der Waals surface area (Å²) in [7, 11) is 0. The molecule has 7 nitrogen and oxygen atoms in total. The first-order valence-electron chi connectivity index (χ1n) is 6.89. The Kier molecular flexibility index (Phi) is 5.02. The number of halogens is 3. The summed E-state index contributed by atoms with van der Waals surface area (Å²) < 4.78 is 44.3. The van der Waals surface area contributed by atoms with Gasteiger partial charge in [0.15, 0.2) is 12.3 Å². The Morgan fingerprint density at radius 3 is 2.83 bits per heavy atom. The first-order valence-corrected chi connectivity index (χ1v) is 6.89. The number of amides is 1. The summed E-state index contributed by atoms with van der Waals surface area (Å²) in [6.07, 6.45) is -1.75. The second-order valence-electron chi connectivity index (χ2n) is 5.36. The summed E-state index contributed by atoms with van der Waals surface area (Å²) in [6.45, 7) is 1.62. The number of carbonyl (C=O) groups is 1. The molecule has 0 aliphatic carbocycles. The quantitative estimate of drug-likeness (QED) is 0.803.